The lowest BCUT2D eigenvalue weighted by atomic mass is 9.79. The van der Waals surface area contributed by atoms with Gasteiger partial charge in [0.2, 0.25) is 5.82 Å². The first kappa shape index (κ1) is 33.8. The number of carbonyl (C=O) groups excluding carboxylic acids is 1. The molecule has 0 amide bonds. The van der Waals surface area contributed by atoms with Crippen molar-refractivity contribution in [2.24, 2.45) is 11.8 Å². The van der Waals surface area contributed by atoms with Crippen molar-refractivity contribution in [3.63, 3.8) is 0 Å². The summed E-state index contributed by atoms with van der Waals surface area (Å²) in [5, 5.41) is 0. The third-order valence-corrected chi connectivity index (χ3v) is 8.52. The molecule has 0 aromatic heterocycles. The highest BCUT2D eigenvalue weighted by atomic mass is 19.2. The van der Waals surface area contributed by atoms with Crippen LogP contribution in [-0.2, 0) is 6.42 Å². The molecular weight excluding hydrogens is 530 g/mol. The van der Waals surface area contributed by atoms with Gasteiger partial charge < -0.3 is 9.47 Å². The maximum atomic E-state index is 14.7. The first-order chi connectivity index (χ1) is 20.5. The average molecular weight is 583 g/mol. The predicted molar refractivity (Wildman–Crippen MR) is 168 cm³/mol. The quantitative estimate of drug-likeness (QED) is 0.0715. The molecular formula is C37H52F2O3. The fourth-order valence-electron chi connectivity index (χ4n) is 5.82. The zero-order valence-electron chi connectivity index (χ0n) is 26.0. The van der Waals surface area contributed by atoms with Crippen LogP contribution >= 0.6 is 0 Å². The number of ether oxygens (including phenoxy) is 2. The lowest BCUT2D eigenvalue weighted by Crippen LogP contribution is -2.13. The van der Waals surface area contributed by atoms with Crippen LogP contribution < -0.4 is 9.47 Å². The summed E-state index contributed by atoms with van der Waals surface area (Å²) in [6.07, 6.45) is 25.2. The molecule has 0 spiro atoms. The lowest BCUT2D eigenvalue weighted by molar-refractivity contribution is 0.0728. The second-order valence-corrected chi connectivity index (χ2v) is 12.0. The van der Waals surface area contributed by atoms with E-state index in [1.165, 1.54) is 89.2 Å². The normalized spacial score (nSPS) is 17.0. The Kier molecular flexibility index (Phi) is 15.7. The Morgan fingerprint density at radius 2 is 1.48 bits per heavy atom. The minimum absolute atomic E-state index is 0.177. The summed E-state index contributed by atoms with van der Waals surface area (Å²) in [6.45, 7) is 4.77. The van der Waals surface area contributed by atoms with E-state index in [9.17, 15) is 13.6 Å². The first-order valence-electron chi connectivity index (χ1n) is 16.6. The van der Waals surface area contributed by atoms with Crippen LogP contribution in [0.15, 0.2) is 48.6 Å². The van der Waals surface area contributed by atoms with Gasteiger partial charge in [0.1, 0.15) is 5.75 Å². The molecule has 0 radical (unpaired) electrons. The van der Waals surface area contributed by atoms with Crippen LogP contribution in [0.1, 0.15) is 133 Å². The second kappa shape index (κ2) is 19.5. The van der Waals surface area contributed by atoms with Crippen LogP contribution in [-0.4, -0.2) is 12.6 Å². The average Bonchev–Trinajstić information content (AvgIpc) is 3.00. The molecule has 2 aromatic carbocycles. The summed E-state index contributed by atoms with van der Waals surface area (Å²) in [6, 6.07) is 9.74. The molecule has 0 atom stereocenters. The van der Waals surface area contributed by atoms with E-state index in [1.807, 2.05) is 12.1 Å². The maximum Gasteiger partial charge on any atom is 0.346 e. The van der Waals surface area contributed by atoms with Crippen molar-refractivity contribution in [1.82, 2.24) is 0 Å². The van der Waals surface area contributed by atoms with E-state index >= 15 is 0 Å². The van der Waals surface area contributed by atoms with Crippen molar-refractivity contribution < 1.29 is 23.0 Å². The molecule has 5 heteroatoms. The molecule has 1 saturated carbocycles. The lowest BCUT2D eigenvalue weighted by Gasteiger charge is -2.26. The van der Waals surface area contributed by atoms with E-state index < -0.39 is 23.2 Å². The molecule has 0 aliphatic heterocycles. The highest BCUT2D eigenvalue weighted by Gasteiger charge is 2.21. The van der Waals surface area contributed by atoms with Crippen LogP contribution in [0, 0.1) is 23.5 Å². The van der Waals surface area contributed by atoms with Crippen molar-refractivity contribution in [3.05, 3.63) is 71.3 Å². The van der Waals surface area contributed by atoms with Crippen molar-refractivity contribution in [1.29, 1.82) is 0 Å². The molecule has 3 rings (SSSR count). The molecule has 232 valence electrons. The van der Waals surface area contributed by atoms with E-state index in [4.69, 9.17) is 9.47 Å². The van der Waals surface area contributed by atoms with E-state index in [1.54, 1.807) is 12.1 Å². The molecule has 1 aliphatic carbocycles. The van der Waals surface area contributed by atoms with E-state index in [0.717, 1.165) is 43.6 Å². The number of hydrogen-bond acceptors (Lipinski definition) is 3. The van der Waals surface area contributed by atoms with Crippen LogP contribution in [0.4, 0.5) is 8.78 Å². The Hall–Kier alpha value is -2.69. The zero-order chi connectivity index (χ0) is 30.0. The van der Waals surface area contributed by atoms with E-state index in [2.05, 4.69) is 26.0 Å². The summed E-state index contributed by atoms with van der Waals surface area (Å²) in [5.74, 6) is -1.56. The van der Waals surface area contributed by atoms with Gasteiger partial charge in [-0.25, -0.2) is 9.18 Å². The van der Waals surface area contributed by atoms with Gasteiger partial charge in [0, 0.05) is 0 Å². The summed E-state index contributed by atoms with van der Waals surface area (Å²) in [7, 11) is 0. The monoisotopic (exact) mass is 582 g/mol. The molecule has 42 heavy (non-hydrogen) atoms. The first-order valence-corrected chi connectivity index (χ1v) is 16.6. The molecule has 0 N–H and O–H groups in total. The maximum absolute atomic E-state index is 14.7. The summed E-state index contributed by atoms with van der Waals surface area (Å²) in [4.78, 5) is 12.6. The third kappa shape index (κ3) is 11.9. The highest BCUT2D eigenvalue weighted by molar-refractivity contribution is 5.91. The molecule has 0 saturated heterocycles. The fraction of sp³-hybridized carbons (Fsp3) is 0.595. The molecule has 0 unspecified atom stereocenters. The zero-order valence-corrected chi connectivity index (χ0v) is 26.0. The summed E-state index contributed by atoms with van der Waals surface area (Å²) < 4.78 is 40.0. The van der Waals surface area contributed by atoms with Crippen molar-refractivity contribution in [3.8, 4) is 11.5 Å². The van der Waals surface area contributed by atoms with Crippen LogP contribution in [0.5, 0.6) is 11.5 Å². The third-order valence-electron chi connectivity index (χ3n) is 8.52. The van der Waals surface area contributed by atoms with Gasteiger partial charge >= 0.3 is 5.97 Å². The number of esters is 1. The van der Waals surface area contributed by atoms with Gasteiger partial charge in [-0.2, -0.15) is 4.39 Å². The standard InChI is InChI=1S/C37H52F2O3/c1-3-5-7-8-9-10-14-28-41-34-27-26-33(35(38)36(34)39)37(40)42-32-24-22-31(23-25-32)17-13-12-16-30-20-18-29(19-21-30)15-11-6-4-2/h12,16,22-27,29-30H,3-11,13-15,17-21,28H2,1-2H3/b16-12+/t29-,30-. The van der Waals surface area contributed by atoms with E-state index in [-0.39, 0.29) is 5.75 Å². The Bertz CT molecular complexity index is 1070. The van der Waals surface area contributed by atoms with Crippen molar-refractivity contribution >= 4 is 5.97 Å². The smallest absolute Gasteiger partial charge is 0.346 e. The number of halogens is 2. The number of hydrogen-bond donors (Lipinski definition) is 0. The highest BCUT2D eigenvalue weighted by Crippen LogP contribution is 2.33. The Labute approximate surface area is 253 Å². The number of carbonyl (C=O) groups is 1. The Morgan fingerprint density at radius 1 is 0.810 bits per heavy atom. The van der Waals surface area contributed by atoms with Gasteiger partial charge in [-0.15, -0.1) is 0 Å². The van der Waals surface area contributed by atoms with Gasteiger partial charge in [-0.3, -0.25) is 0 Å². The van der Waals surface area contributed by atoms with E-state index in [0.29, 0.717) is 18.3 Å². The number of aryl methyl sites for hydroxylation is 1. The molecule has 0 bridgehead atoms. The van der Waals surface area contributed by atoms with Crippen LogP contribution in [0.2, 0.25) is 0 Å². The number of rotatable bonds is 19. The fourth-order valence-corrected chi connectivity index (χ4v) is 5.82. The van der Waals surface area contributed by atoms with Gasteiger partial charge in [-0.1, -0.05) is 102 Å². The van der Waals surface area contributed by atoms with Gasteiger partial charge in [0.25, 0.3) is 0 Å². The minimum Gasteiger partial charge on any atom is -0.490 e. The Morgan fingerprint density at radius 3 is 2.19 bits per heavy atom. The van der Waals surface area contributed by atoms with Gasteiger partial charge in [0.05, 0.1) is 12.2 Å². The van der Waals surface area contributed by atoms with Gasteiger partial charge in [-0.05, 0) is 86.6 Å². The molecule has 3 nitrogen and oxygen atoms in total. The largest absolute Gasteiger partial charge is 0.490 e. The number of benzene rings is 2. The SMILES string of the molecule is CCCCCCCCCOc1ccc(C(=O)Oc2ccc(CC/C=C/[C@H]3CC[C@H](CCCCC)CC3)cc2)c(F)c1F. The van der Waals surface area contributed by atoms with Crippen LogP contribution in [0.3, 0.4) is 0 Å². The topological polar surface area (TPSA) is 35.5 Å². The predicted octanol–water partition coefficient (Wildman–Crippen LogP) is 11.2. The van der Waals surface area contributed by atoms with Crippen LogP contribution in [0.25, 0.3) is 0 Å². The molecule has 1 aliphatic rings. The second-order valence-electron chi connectivity index (χ2n) is 12.0. The number of allylic oxidation sites excluding steroid dienone is 2. The summed E-state index contributed by atoms with van der Waals surface area (Å²) >= 11 is 0. The Balaban J connectivity index is 1.37. The van der Waals surface area contributed by atoms with Crippen molar-refractivity contribution in [2.45, 2.75) is 123 Å². The molecule has 1 fully saturated rings. The number of unbranched alkanes of at least 4 members (excludes halogenated alkanes) is 8. The van der Waals surface area contributed by atoms with Crippen molar-refractivity contribution in [2.75, 3.05) is 6.61 Å². The molecule has 0 heterocycles. The minimum atomic E-state index is -1.24. The summed E-state index contributed by atoms with van der Waals surface area (Å²) in [5.41, 5.74) is 0.693. The molecule has 2 aromatic rings. The van der Waals surface area contributed by atoms with Gasteiger partial charge in [0.15, 0.2) is 11.6 Å².